The number of hydrogen-bond donors (Lipinski definition) is 0. The normalized spacial score (nSPS) is 19.9. The minimum absolute atomic E-state index is 0.0656. The third kappa shape index (κ3) is 6.28. The Bertz CT molecular complexity index is 1550. The lowest BCUT2D eigenvalue weighted by molar-refractivity contribution is -0.143. The topological polar surface area (TPSA) is 60.2 Å². The first-order chi connectivity index (χ1) is 21.1. The largest absolute Gasteiger partial charge is 0.489 e. The first-order valence-electron chi connectivity index (χ1n) is 16.0. The maximum absolute atomic E-state index is 13.8. The number of aromatic nitrogens is 3. The summed E-state index contributed by atoms with van der Waals surface area (Å²) in [5.41, 5.74) is 4.76. The van der Waals surface area contributed by atoms with Crippen molar-refractivity contribution in [2.45, 2.75) is 84.2 Å². The number of carbonyl (C=O) groups excluding carboxylic acids is 1. The number of carbonyl (C=O) groups is 1. The van der Waals surface area contributed by atoms with E-state index in [0.29, 0.717) is 24.1 Å². The van der Waals surface area contributed by atoms with E-state index >= 15 is 0 Å². The second-order valence-corrected chi connectivity index (χ2v) is 12.6. The zero-order chi connectivity index (χ0) is 31.0. The lowest BCUT2D eigenvalue weighted by atomic mass is 9.82. The predicted octanol–water partition coefficient (Wildman–Crippen LogP) is 7.93. The predicted molar refractivity (Wildman–Crippen MR) is 164 cm³/mol. The molecule has 1 saturated carbocycles. The number of likely N-dealkylation sites (tertiary alicyclic amines) is 1. The van der Waals surface area contributed by atoms with Crippen LogP contribution in [-0.4, -0.2) is 45.3 Å². The number of hydrogen-bond acceptors (Lipinski definition) is 4. The number of allylic oxidation sites excluding steroid dienone is 1. The van der Waals surface area contributed by atoms with Gasteiger partial charge < -0.3 is 9.64 Å². The monoisotopic (exact) mass is 606 g/mol. The standard InChI is InChI=1S/C35H41F3N4O2/c1-4-24-19-27(13-14-28(24)25-15-17-41(18-16-25)34(43)26-11-12-26)44-21-30-22(2)7-5-8-29(30)31-9-6-10-32(40-31)42-33(35(36,37)38)23(3)20-39-42/h6,9-10,13-14,19-20,22,25-26H,4-5,7-8,11-12,15-18,21H2,1-3H3. The van der Waals surface area contributed by atoms with Crippen LogP contribution in [0.25, 0.3) is 11.4 Å². The smallest absolute Gasteiger partial charge is 0.433 e. The molecule has 3 aliphatic rings. The summed E-state index contributed by atoms with van der Waals surface area (Å²) in [7, 11) is 0. The lowest BCUT2D eigenvalue weighted by Gasteiger charge is -2.33. The number of aryl methyl sites for hydroxylation is 2. The van der Waals surface area contributed by atoms with Crippen LogP contribution < -0.4 is 4.74 Å². The zero-order valence-corrected chi connectivity index (χ0v) is 25.8. The van der Waals surface area contributed by atoms with Gasteiger partial charge in [0, 0.05) is 19.0 Å². The van der Waals surface area contributed by atoms with Crippen molar-refractivity contribution in [3.63, 3.8) is 0 Å². The minimum Gasteiger partial charge on any atom is -0.489 e. The highest BCUT2D eigenvalue weighted by molar-refractivity contribution is 5.81. The van der Waals surface area contributed by atoms with Crippen molar-refractivity contribution in [3.05, 3.63) is 76.2 Å². The highest BCUT2D eigenvalue weighted by atomic mass is 19.4. The maximum atomic E-state index is 13.8. The van der Waals surface area contributed by atoms with Gasteiger partial charge in [-0.15, -0.1) is 0 Å². The number of halogens is 3. The molecule has 1 atom stereocenters. The molecule has 0 spiro atoms. The maximum Gasteiger partial charge on any atom is 0.433 e. The van der Waals surface area contributed by atoms with Crippen LogP contribution in [0.2, 0.25) is 0 Å². The summed E-state index contributed by atoms with van der Waals surface area (Å²) in [6, 6.07) is 11.6. The molecule has 1 saturated heterocycles. The number of pyridine rings is 1. The van der Waals surface area contributed by atoms with E-state index < -0.39 is 11.9 Å². The molecule has 44 heavy (non-hydrogen) atoms. The molecule has 6 nitrogen and oxygen atoms in total. The lowest BCUT2D eigenvalue weighted by Crippen LogP contribution is -2.38. The molecule has 1 amide bonds. The fourth-order valence-electron chi connectivity index (χ4n) is 6.93. The van der Waals surface area contributed by atoms with Crippen molar-refractivity contribution in [1.82, 2.24) is 19.7 Å². The van der Waals surface area contributed by atoms with Gasteiger partial charge in [-0.25, -0.2) is 9.67 Å². The van der Waals surface area contributed by atoms with Gasteiger partial charge in [-0.3, -0.25) is 4.79 Å². The summed E-state index contributed by atoms with van der Waals surface area (Å²) >= 11 is 0. The molecule has 2 fully saturated rings. The average molecular weight is 607 g/mol. The fraction of sp³-hybridized carbons (Fsp3) is 0.514. The van der Waals surface area contributed by atoms with E-state index in [1.54, 1.807) is 12.1 Å². The van der Waals surface area contributed by atoms with Crippen molar-refractivity contribution in [2.24, 2.45) is 11.8 Å². The zero-order valence-electron chi connectivity index (χ0n) is 25.8. The van der Waals surface area contributed by atoms with Crippen molar-refractivity contribution in [1.29, 1.82) is 0 Å². The van der Waals surface area contributed by atoms with Crippen molar-refractivity contribution in [3.8, 4) is 11.6 Å². The van der Waals surface area contributed by atoms with Crippen LogP contribution in [0, 0.1) is 18.8 Å². The molecular formula is C35H41F3N4O2. The number of alkyl halides is 3. The summed E-state index contributed by atoms with van der Waals surface area (Å²) in [6.45, 7) is 7.84. The highest BCUT2D eigenvalue weighted by Crippen LogP contribution is 2.39. The third-order valence-corrected chi connectivity index (χ3v) is 9.59. The Hall–Kier alpha value is -3.62. The minimum atomic E-state index is -4.53. The number of nitrogens with zero attached hydrogens (tertiary/aromatic N) is 4. The molecule has 2 aromatic heterocycles. The van der Waals surface area contributed by atoms with Gasteiger partial charge in [0.25, 0.3) is 0 Å². The Labute approximate surface area is 257 Å². The Balaban J connectivity index is 1.20. The van der Waals surface area contributed by atoms with Crippen LogP contribution in [0.5, 0.6) is 5.75 Å². The van der Waals surface area contributed by atoms with Crippen LogP contribution in [-0.2, 0) is 17.4 Å². The molecule has 2 aliphatic carbocycles. The number of benzene rings is 1. The molecule has 0 bridgehead atoms. The van der Waals surface area contributed by atoms with Gasteiger partial charge in [0.05, 0.1) is 11.9 Å². The molecule has 1 unspecified atom stereocenters. The van der Waals surface area contributed by atoms with Crippen molar-refractivity contribution in [2.75, 3.05) is 19.7 Å². The van der Waals surface area contributed by atoms with Crippen LogP contribution in [0.4, 0.5) is 13.2 Å². The highest BCUT2D eigenvalue weighted by Gasteiger charge is 2.38. The van der Waals surface area contributed by atoms with Gasteiger partial charge >= 0.3 is 6.18 Å². The molecule has 3 aromatic rings. The van der Waals surface area contributed by atoms with E-state index in [9.17, 15) is 18.0 Å². The molecule has 0 N–H and O–H groups in total. The molecule has 1 aromatic carbocycles. The summed E-state index contributed by atoms with van der Waals surface area (Å²) in [6.07, 6.45) is 4.50. The summed E-state index contributed by atoms with van der Waals surface area (Å²) in [4.78, 5) is 19.2. The van der Waals surface area contributed by atoms with Gasteiger partial charge in [-0.05, 0) is 122 Å². The molecule has 234 valence electrons. The number of rotatable bonds is 8. The SMILES string of the molecule is CCc1cc(OCC2=C(c3cccc(-n4ncc(C)c4C(F)(F)F)n3)CCCC2C)ccc1C1CCN(C(=O)C2CC2)CC1. The summed E-state index contributed by atoms with van der Waals surface area (Å²) < 4.78 is 48.7. The third-order valence-electron chi connectivity index (χ3n) is 9.59. The number of piperidine rings is 1. The first kappa shape index (κ1) is 30.4. The van der Waals surface area contributed by atoms with E-state index in [2.05, 4.69) is 47.0 Å². The van der Waals surface area contributed by atoms with Crippen LogP contribution in [0.3, 0.4) is 0 Å². The van der Waals surface area contributed by atoms with Gasteiger partial charge in [0.1, 0.15) is 12.4 Å². The van der Waals surface area contributed by atoms with Crippen LogP contribution in [0.1, 0.15) is 92.8 Å². The quantitative estimate of drug-likeness (QED) is 0.261. The van der Waals surface area contributed by atoms with E-state index in [-0.39, 0.29) is 23.2 Å². The Kier molecular flexibility index (Phi) is 8.57. The molecular weight excluding hydrogens is 565 g/mol. The molecule has 3 heterocycles. The van der Waals surface area contributed by atoms with Gasteiger partial charge in [-0.2, -0.15) is 18.3 Å². The van der Waals surface area contributed by atoms with Crippen LogP contribution in [0.15, 0.2) is 48.2 Å². The van der Waals surface area contributed by atoms with Crippen molar-refractivity contribution >= 4 is 11.5 Å². The molecule has 0 radical (unpaired) electrons. The molecule has 9 heteroatoms. The van der Waals surface area contributed by atoms with E-state index in [4.69, 9.17) is 4.74 Å². The average Bonchev–Trinajstić information content (AvgIpc) is 3.80. The van der Waals surface area contributed by atoms with E-state index in [0.717, 1.165) is 86.0 Å². The second-order valence-electron chi connectivity index (χ2n) is 12.6. The second kappa shape index (κ2) is 12.4. The Morgan fingerprint density at radius 1 is 1.07 bits per heavy atom. The van der Waals surface area contributed by atoms with Crippen molar-refractivity contribution < 1.29 is 22.7 Å². The summed E-state index contributed by atoms with van der Waals surface area (Å²) in [5.74, 6) is 2.32. The first-order valence-corrected chi connectivity index (χ1v) is 16.0. The summed E-state index contributed by atoms with van der Waals surface area (Å²) in [5, 5.41) is 4.00. The van der Waals surface area contributed by atoms with Gasteiger partial charge in [0.2, 0.25) is 5.91 Å². The molecule has 1 aliphatic heterocycles. The van der Waals surface area contributed by atoms with Gasteiger partial charge in [0.15, 0.2) is 11.5 Å². The number of amides is 1. The Morgan fingerprint density at radius 3 is 2.55 bits per heavy atom. The van der Waals surface area contributed by atoms with Gasteiger partial charge in [-0.1, -0.05) is 26.0 Å². The Morgan fingerprint density at radius 2 is 1.84 bits per heavy atom. The fourth-order valence-corrected chi connectivity index (χ4v) is 6.93. The van der Waals surface area contributed by atoms with Crippen LogP contribution >= 0.6 is 0 Å². The number of ether oxygens (including phenoxy) is 1. The van der Waals surface area contributed by atoms with E-state index in [1.807, 2.05) is 6.07 Å². The molecule has 6 rings (SSSR count). The van der Waals surface area contributed by atoms with E-state index in [1.165, 1.54) is 24.2 Å².